The zero-order chi connectivity index (χ0) is 19.3. The molecule has 0 unspecified atom stereocenters. The Hall–Kier alpha value is -2.44. The SMILES string of the molecule is CCOC(=O)c1sc(NC(=O)COc2ccc(Br)cc2F)c(C#N)c1C. The fourth-order valence-corrected chi connectivity index (χ4v) is 3.43. The van der Waals surface area contributed by atoms with Crippen molar-refractivity contribution in [3.05, 3.63) is 44.5 Å². The van der Waals surface area contributed by atoms with Crippen molar-refractivity contribution in [2.45, 2.75) is 13.8 Å². The number of carbonyl (C=O) groups is 2. The Labute approximate surface area is 161 Å². The Morgan fingerprint density at radius 2 is 2.15 bits per heavy atom. The molecule has 0 bridgehead atoms. The molecule has 0 fully saturated rings. The minimum absolute atomic E-state index is 0.0709. The van der Waals surface area contributed by atoms with Gasteiger partial charge in [0.2, 0.25) is 0 Å². The molecule has 1 aromatic carbocycles. The molecule has 2 aromatic rings. The summed E-state index contributed by atoms with van der Waals surface area (Å²) in [5, 5.41) is 12.0. The molecule has 9 heteroatoms. The number of nitrogens with zero attached hydrogens (tertiary/aromatic N) is 1. The third kappa shape index (κ3) is 4.59. The van der Waals surface area contributed by atoms with Gasteiger partial charge in [-0.3, -0.25) is 4.79 Å². The number of esters is 1. The van der Waals surface area contributed by atoms with Gasteiger partial charge in [0.15, 0.2) is 18.2 Å². The van der Waals surface area contributed by atoms with Crippen molar-refractivity contribution >= 4 is 44.1 Å². The number of thiophene rings is 1. The van der Waals surface area contributed by atoms with Crippen molar-refractivity contribution in [2.75, 3.05) is 18.5 Å². The highest BCUT2D eigenvalue weighted by Crippen LogP contribution is 2.33. The second-order valence-electron chi connectivity index (χ2n) is 5.00. The lowest BCUT2D eigenvalue weighted by atomic mass is 10.2. The van der Waals surface area contributed by atoms with Crippen molar-refractivity contribution in [2.24, 2.45) is 0 Å². The average Bonchev–Trinajstić information content (AvgIpc) is 2.89. The highest BCUT2D eigenvalue weighted by molar-refractivity contribution is 9.10. The molecule has 1 N–H and O–H groups in total. The van der Waals surface area contributed by atoms with Crippen molar-refractivity contribution in [3.8, 4) is 11.8 Å². The zero-order valence-corrected chi connectivity index (χ0v) is 16.3. The first kappa shape index (κ1) is 19.9. The first-order valence-corrected chi connectivity index (χ1v) is 9.06. The third-order valence-electron chi connectivity index (χ3n) is 3.23. The van der Waals surface area contributed by atoms with E-state index in [1.54, 1.807) is 19.9 Å². The first-order chi connectivity index (χ1) is 12.4. The van der Waals surface area contributed by atoms with Crippen LogP contribution in [0.1, 0.15) is 27.7 Å². The normalized spacial score (nSPS) is 10.1. The standard InChI is InChI=1S/C17H14BrFN2O4S/c1-3-24-17(23)15-9(2)11(7-20)16(26-15)21-14(22)8-25-13-5-4-10(18)6-12(13)19/h4-6H,3,8H2,1-2H3,(H,21,22). The molecule has 6 nitrogen and oxygen atoms in total. The summed E-state index contributed by atoms with van der Waals surface area (Å²) in [5.74, 6) is -1.82. The summed E-state index contributed by atoms with van der Waals surface area (Å²) in [7, 11) is 0. The number of hydrogen-bond donors (Lipinski definition) is 1. The Kier molecular flexibility index (Phi) is 6.71. The van der Waals surface area contributed by atoms with Gasteiger partial charge in [0.05, 0.1) is 12.2 Å². The van der Waals surface area contributed by atoms with E-state index in [4.69, 9.17) is 9.47 Å². The largest absolute Gasteiger partial charge is 0.481 e. The minimum atomic E-state index is -0.610. The molecule has 0 saturated carbocycles. The molecule has 0 spiro atoms. The van der Waals surface area contributed by atoms with Crippen LogP contribution >= 0.6 is 27.3 Å². The maximum Gasteiger partial charge on any atom is 0.348 e. The van der Waals surface area contributed by atoms with Crippen molar-refractivity contribution in [3.63, 3.8) is 0 Å². The molecular weight excluding hydrogens is 427 g/mol. The van der Waals surface area contributed by atoms with Crippen LogP contribution in [0.2, 0.25) is 0 Å². The Morgan fingerprint density at radius 1 is 1.42 bits per heavy atom. The highest BCUT2D eigenvalue weighted by atomic mass is 79.9. The molecule has 1 heterocycles. The summed E-state index contributed by atoms with van der Waals surface area (Å²) in [6, 6.07) is 6.15. The van der Waals surface area contributed by atoms with Gasteiger partial charge in [0.25, 0.3) is 5.91 Å². The number of benzene rings is 1. The van der Waals surface area contributed by atoms with Gasteiger partial charge in [-0.1, -0.05) is 15.9 Å². The number of rotatable bonds is 6. The van der Waals surface area contributed by atoms with E-state index in [1.165, 1.54) is 12.1 Å². The summed E-state index contributed by atoms with van der Waals surface area (Å²) < 4.78 is 24.3. The van der Waals surface area contributed by atoms with Crippen molar-refractivity contribution < 1.29 is 23.5 Å². The average molecular weight is 441 g/mol. The predicted molar refractivity (Wildman–Crippen MR) is 98.0 cm³/mol. The van der Waals surface area contributed by atoms with E-state index in [2.05, 4.69) is 21.2 Å². The molecule has 0 aliphatic rings. The smallest absolute Gasteiger partial charge is 0.348 e. The van der Waals surface area contributed by atoms with Gasteiger partial charge in [-0.05, 0) is 37.6 Å². The van der Waals surface area contributed by atoms with Crippen LogP contribution in [-0.4, -0.2) is 25.1 Å². The van der Waals surface area contributed by atoms with E-state index >= 15 is 0 Å². The van der Waals surface area contributed by atoms with Gasteiger partial charge in [0, 0.05) is 4.47 Å². The number of anilines is 1. The number of amides is 1. The fourth-order valence-electron chi connectivity index (χ4n) is 2.03. The van der Waals surface area contributed by atoms with Crippen LogP contribution in [0.4, 0.5) is 9.39 Å². The molecule has 0 aliphatic heterocycles. The van der Waals surface area contributed by atoms with Crippen LogP contribution in [0.5, 0.6) is 5.75 Å². The van der Waals surface area contributed by atoms with Crippen LogP contribution in [0.15, 0.2) is 22.7 Å². The predicted octanol–water partition coefficient (Wildman–Crippen LogP) is 4.02. The Morgan fingerprint density at radius 3 is 2.77 bits per heavy atom. The van der Waals surface area contributed by atoms with Gasteiger partial charge in [-0.15, -0.1) is 11.3 Å². The van der Waals surface area contributed by atoms with Crippen LogP contribution in [0.3, 0.4) is 0 Å². The summed E-state index contributed by atoms with van der Waals surface area (Å²) in [4.78, 5) is 24.2. The molecule has 1 aromatic heterocycles. The topological polar surface area (TPSA) is 88.4 Å². The van der Waals surface area contributed by atoms with E-state index in [-0.39, 0.29) is 27.8 Å². The van der Waals surface area contributed by atoms with Gasteiger partial charge >= 0.3 is 5.97 Å². The third-order valence-corrected chi connectivity index (χ3v) is 4.91. The summed E-state index contributed by atoms with van der Waals surface area (Å²) >= 11 is 4.08. The summed E-state index contributed by atoms with van der Waals surface area (Å²) in [5.41, 5.74) is 0.618. The van der Waals surface area contributed by atoms with E-state index in [9.17, 15) is 19.2 Å². The molecule has 0 aliphatic carbocycles. The number of ether oxygens (including phenoxy) is 2. The monoisotopic (exact) mass is 440 g/mol. The number of hydrogen-bond acceptors (Lipinski definition) is 6. The van der Waals surface area contributed by atoms with Crippen LogP contribution in [0.25, 0.3) is 0 Å². The second-order valence-corrected chi connectivity index (χ2v) is 6.94. The molecule has 0 radical (unpaired) electrons. The Balaban J connectivity index is 2.10. The molecule has 0 atom stereocenters. The maximum absolute atomic E-state index is 13.7. The molecule has 26 heavy (non-hydrogen) atoms. The van der Waals surface area contributed by atoms with Crippen molar-refractivity contribution in [1.82, 2.24) is 0 Å². The molecule has 0 saturated heterocycles. The lowest BCUT2D eigenvalue weighted by Gasteiger charge is -2.07. The molecule has 1 amide bonds. The number of nitrogens with one attached hydrogen (secondary N) is 1. The minimum Gasteiger partial charge on any atom is -0.481 e. The first-order valence-electron chi connectivity index (χ1n) is 7.45. The number of halogens is 2. The fraction of sp³-hybridized carbons (Fsp3) is 0.235. The maximum atomic E-state index is 13.7. The molecule has 2 rings (SSSR count). The zero-order valence-electron chi connectivity index (χ0n) is 13.9. The molecule has 136 valence electrons. The second kappa shape index (κ2) is 8.78. The molecular formula is C17H14BrFN2O4S. The van der Waals surface area contributed by atoms with Crippen molar-refractivity contribution in [1.29, 1.82) is 5.26 Å². The van der Waals surface area contributed by atoms with E-state index in [0.29, 0.717) is 10.0 Å². The van der Waals surface area contributed by atoms with Crippen LogP contribution < -0.4 is 10.1 Å². The van der Waals surface area contributed by atoms with Crippen LogP contribution in [0, 0.1) is 24.1 Å². The van der Waals surface area contributed by atoms with E-state index in [0.717, 1.165) is 11.3 Å². The lowest BCUT2D eigenvalue weighted by molar-refractivity contribution is -0.118. The number of nitriles is 1. The van der Waals surface area contributed by atoms with Crippen LogP contribution in [-0.2, 0) is 9.53 Å². The van der Waals surface area contributed by atoms with Gasteiger partial charge in [0.1, 0.15) is 15.9 Å². The van der Waals surface area contributed by atoms with E-state index in [1.807, 2.05) is 6.07 Å². The number of carbonyl (C=O) groups excluding carboxylic acids is 2. The summed E-state index contributed by atoms with van der Waals surface area (Å²) in [6.07, 6.45) is 0. The Bertz CT molecular complexity index is 892. The van der Waals surface area contributed by atoms with Gasteiger partial charge in [-0.25, -0.2) is 9.18 Å². The van der Waals surface area contributed by atoms with Gasteiger partial charge in [-0.2, -0.15) is 5.26 Å². The summed E-state index contributed by atoms with van der Waals surface area (Å²) in [6.45, 7) is 3.03. The quantitative estimate of drug-likeness (QED) is 0.685. The lowest BCUT2D eigenvalue weighted by Crippen LogP contribution is -2.20. The van der Waals surface area contributed by atoms with E-state index < -0.39 is 24.3 Å². The highest BCUT2D eigenvalue weighted by Gasteiger charge is 2.22. The van der Waals surface area contributed by atoms with Gasteiger partial charge < -0.3 is 14.8 Å².